The Balaban J connectivity index is 1.90. The minimum Gasteiger partial charge on any atom is -0.452 e. The van der Waals surface area contributed by atoms with Gasteiger partial charge in [0.2, 0.25) is 0 Å². The number of morpholine rings is 1. The number of esters is 1. The molecule has 6 nitrogen and oxygen atoms in total. The fourth-order valence-electron chi connectivity index (χ4n) is 2.22. The molecule has 2 heterocycles. The van der Waals surface area contributed by atoms with Gasteiger partial charge in [0.15, 0.2) is 6.61 Å². The third kappa shape index (κ3) is 4.32. The SMILES string of the molecule is C[C@H]1CN(C(=O)COC(=O)c2cnc(Cl)c(Cl)c2)C[C@H](C)O1. The van der Waals surface area contributed by atoms with Crippen molar-refractivity contribution < 1.29 is 19.1 Å². The molecule has 22 heavy (non-hydrogen) atoms. The maximum absolute atomic E-state index is 12.1. The lowest BCUT2D eigenvalue weighted by atomic mass is 10.2. The van der Waals surface area contributed by atoms with E-state index in [4.69, 9.17) is 32.7 Å². The Morgan fingerprint density at radius 1 is 1.36 bits per heavy atom. The summed E-state index contributed by atoms with van der Waals surface area (Å²) in [6.45, 7) is 4.41. The quantitative estimate of drug-likeness (QED) is 0.619. The van der Waals surface area contributed by atoms with Crippen molar-refractivity contribution in [3.05, 3.63) is 28.0 Å². The fourth-order valence-corrected chi connectivity index (χ4v) is 2.49. The summed E-state index contributed by atoms with van der Waals surface area (Å²) in [7, 11) is 0. The second-order valence-corrected chi connectivity index (χ2v) is 5.89. The molecular weight excluding hydrogens is 331 g/mol. The number of carbonyl (C=O) groups is 2. The lowest BCUT2D eigenvalue weighted by Crippen LogP contribution is -2.49. The Kier molecular flexibility index (Phi) is 5.61. The van der Waals surface area contributed by atoms with E-state index in [-0.39, 0.29) is 40.5 Å². The van der Waals surface area contributed by atoms with Crippen molar-refractivity contribution in [1.29, 1.82) is 0 Å². The second kappa shape index (κ2) is 7.26. The molecule has 1 aromatic heterocycles. The van der Waals surface area contributed by atoms with Gasteiger partial charge in [0.25, 0.3) is 5.91 Å². The average molecular weight is 347 g/mol. The number of hydrogen-bond donors (Lipinski definition) is 0. The van der Waals surface area contributed by atoms with Crippen molar-refractivity contribution in [1.82, 2.24) is 9.88 Å². The van der Waals surface area contributed by atoms with Crippen molar-refractivity contribution in [3.63, 3.8) is 0 Å². The molecule has 1 saturated heterocycles. The zero-order valence-electron chi connectivity index (χ0n) is 12.2. The number of amides is 1. The summed E-state index contributed by atoms with van der Waals surface area (Å²) >= 11 is 11.5. The molecule has 8 heteroatoms. The summed E-state index contributed by atoms with van der Waals surface area (Å²) in [6, 6.07) is 1.35. The Morgan fingerprint density at radius 2 is 2.00 bits per heavy atom. The van der Waals surface area contributed by atoms with Gasteiger partial charge >= 0.3 is 5.97 Å². The number of pyridine rings is 1. The van der Waals surface area contributed by atoms with E-state index >= 15 is 0 Å². The highest BCUT2D eigenvalue weighted by atomic mass is 35.5. The fraction of sp³-hybridized carbons (Fsp3) is 0.500. The average Bonchev–Trinajstić information content (AvgIpc) is 2.46. The largest absolute Gasteiger partial charge is 0.452 e. The number of rotatable bonds is 3. The molecule has 0 spiro atoms. The van der Waals surface area contributed by atoms with Crippen LogP contribution in [0, 0.1) is 0 Å². The van der Waals surface area contributed by atoms with E-state index in [9.17, 15) is 9.59 Å². The highest BCUT2D eigenvalue weighted by Crippen LogP contribution is 2.20. The Bertz CT molecular complexity index is 572. The van der Waals surface area contributed by atoms with Crippen LogP contribution in [-0.4, -0.2) is 53.7 Å². The maximum Gasteiger partial charge on any atom is 0.340 e. The summed E-state index contributed by atoms with van der Waals surface area (Å²) in [6.07, 6.45) is 1.17. The van der Waals surface area contributed by atoms with Crippen LogP contribution in [0.15, 0.2) is 12.3 Å². The number of nitrogens with zero attached hydrogens (tertiary/aromatic N) is 2. The van der Waals surface area contributed by atoms with Gasteiger partial charge in [-0.1, -0.05) is 23.2 Å². The molecule has 2 rings (SSSR count). The van der Waals surface area contributed by atoms with E-state index in [0.717, 1.165) is 0 Å². The van der Waals surface area contributed by atoms with Gasteiger partial charge in [0.1, 0.15) is 5.15 Å². The minimum absolute atomic E-state index is 0.0392. The van der Waals surface area contributed by atoms with Gasteiger partial charge in [0, 0.05) is 19.3 Å². The van der Waals surface area contributed by atoms with Gasteiger partial charge in [-0.05, 0) is 19.9 Å². The minimum atomic E-state index is -0.672. The summed E-state index contributed by atoms with van der Waals surface area (Å²) in [5.74, 6) is -0.933. The third-order valence-corrected chi connectivity index (χ3v) is 3.82. The lowest BCUT2D eigenvalue weighted by Gasteiger charge is -2.35. The smallest absolute Gasteiger partial charge is 0.340 e. The van der Waals surface area contributed by atoms with Crippen molar-refractivity contribution >= 4 is 35.1 Å². The Labute approximate surface area is 138 Å². The predicted molar refractivity (Wildman–Crippen MR) is 81.1 cm³/mol. The number of halogens is 2. The molecule has 2 atom stereocenters. The molecule has 1 amide bonds. The van der Waals surface area contributed by atoms with Crippen LogP contribution in [0.5, 0.6) is 0 Å². The van der Waals surface area contributed by atoms with Crippen LogP contribution in [0.2, 0.25) is 10.2 Å². The van der Waals surface area contributed by atoms with Crippen LogP contribution >= 0.6 is 23.2 Å². The Morgan fingerprint density at radius 3 is 2.59 bits per heavy atom. The first-order chi connectivity index (χ1) is 10.4. The monoisotopic (exact) mass is 346 g/mol. The Hall–Kier alpha value is -1.37. The van der Waals surface area contributed by atoms with Crippen molar-refractivity contribution in [2.24, 2.45) is 0 Å². The van der Waals surface area contributed by atoms with E-state index in [1.54, 1.807) is 4.90 Å². The molecule has 0 aromatic carbocycles. The van der Waals surface area contributed by atoms with E-state index in [1.165, 1.54) is 12.3 Å². The number of ether oxygens (including phenoxy) is 2. The van der Waals surface area contributed by atoms with Crippen molar-refractivity contribution in [3.8, 4) is 0 Å². The molecule has 0 saturated carbocycles. The molecule has 1 fully saturated rings. The molecule has 1 aliphatic rings. The van der Waals surface area contributed by atoms with E-state index in [2.05, 4.69) is 4.98 Å². The molecule has 0 radical (unpaired) electrons. The topological polar surface area (TPSA) is 68.7 Å². The van der Waals surface area contributed by atoms with Crippen LogP contribution in [0.1, 0.15) is 24.2 Å². The molecule has 1 aliphatic heterocycles. The number of carbonyl (C=O) groups excluding carboxylic acids is 2. The van der Waals surface area contributed by atoms with Gasteiger partial charge < -0.3 is 14.4 Å². The third-order valence-electron chi connectivity index (χ3n) is 3.13. The molecule has 0 bridgehead atoms. The van der Waals surface area contributed by atoms with Gasteiger partial charge in [-0.15, -0.1) is 0 Å². The lowest BCUT2D eigenvalue weighted by molar-refractivity contribution is -0.146. The van der Waals surface area contributed by atoms with Crippen LogP contribution in [0.3, 0.4) is 0 Å². The highest BCUT2D eigenvalue weighted by molar-refractivity contribution is 6.41. The first kappa shape index (κ1) is 17.0. The van der Waals surface area contributed by atoms with Gasteiger partial charge in [-0.2, -0.15) is 0 Å². The highest BCUT2D eigenvalue weighted by Gasteiger charge is 2.26. The standard InChI is InChI=1S/C14H16Cl2N2O4/c1-8-5-18(6-9(2)22-8)12(19)7-21-14(20)10-3-11(15)13(16)17-4-10/h3-4,8-9H,5-7H2,1-2H3/t8-,9-/m0/s1. The van der Waals surface area contributed by atoms with E-state index in [1.807, 2.05) is 13.8 Å². The van der Waals surface area contributed by atoms with Crippen LogP contribution in [-0.2, 0) is 14.3 Å². The molecule has 1 aromatic rings. The normalized spacial score (nSPS) is 21.5. The zero-order chi connectivity index (χ0) is 16.3. The molecule has 0 N–H and O–H groups in total. The first-order valence-electron chi connectivity index (χ1n) is 6.78. The molecule has 120 valence electrons. The van der Waals surface area contributed by atoms with Crippen LogP contribution in [0.25, 0.3) is 0 Å². The molecule has 0 unspecified atom stereocenters. The summed E-state index contributed by atoms with van der Waals surface area (Å²) in [5, 5.41) is 0.254. The number of hydrogen-bond acceptors (Lipinski definition) is 5. The van der Waals surface area contributed by atoms with Crippen LogP contribution < -0.4 is 0 Å². The van der Waals surface area contributed by atoms with Gasteiger partial charge in [-0.3, -0.25) is 4.79 Å². The second-order valence-electron chi connectivity index (χ2n) is 5.13. The number of aromatic nitrogens is 1. The summed E-state index contributed by atoms with van der Waals surface area (Å²) in [5.41, 5.74) is 0.144. The van der Waals surface area contributed by atoms with E-state index < -0.39 is 5.97 Å². The summed E-state index contributed by atoms with van der Waals surface area (Å²) < 4.78 is 10.5. The zero-order valence-corrected chi connectivity index (χ0v) is 13.7. The van der Waals surface area contributed by atoms with Crippen molar-refractivity contribution in [2.75, 3.05) is 19.7 Å². The van der Waals surface area contributed by atoms with Gasteiger partial charge in [-0.25, -0.2) is 9.78 Å². The van der Waals surface area contributed by atoms with Crippen LogP contribution in [0.4, 0.5) is 0 Å². The first-order valence-corrected chi connectivity index (χ1v) is 7.53. The maximum atomic E-state index is 12.1. The predicted octanol–water partition coefficient (Wildman–Crippen LogP) is 2.18. The van der Waals surface area contributed by atoms with Gasteiger partial charge in [0.05, 0.1) is 22.8 Å². The molecule has 0 aliphatic carbocycles. The summed E-state index contributed by atoms with van der Waals surface area (Å²) in [4.78, 5) is 29.3. The molecular formula is C14H16Cl2N2O4. The van der Waals surface area contributed by atoms with Crippen molar-refractivity contribution in [2.45, 2.75) is 26.1 Å². The van der Waals surface area contributed by atoms with E-state index in [0.29, 0.717) is 13.1 Å².